The van der Waals surface area contributed by atoms with Crippen molar-refractivity contribution in [3.05, 3.63) is 69.9 Å². The van der Waals surface area contributed by atoms with E-state index >= 15 is 0 Å². The molecule has 5 rings (SSSR count). The van der Waals surface area contributed by atoms with Crippen LogP contribution in [-0.2, 0) is 0 Å². The lowest BCUT2D eigenvalue weighted by molar-refractivity contribution is 0.0996. The Bertz CT molecular complexity index is 1540. The van der Waals surface area contributed by atoms with Crippen LogP contribution in [0.3, 0.4) is 0 Å². The molecular formula is C21H16Cl2N10O. The molecule has 0 aliphatic rings. The minimum atomic E-state index is -0.769. The van der Waals surface area contributed by atoms with Gasteiger partial charge in [0, 0.05) is 11.8 Å². The van der Waals surface area contributed by atoms with Crippen molar-refractivity contribution in [2.45, 2.75) is 13.8 Å². The highest BCUT2D eigenvalue weighted by Crippen LogP contribution is 2.29. The van der Waals surface area contributed by atoms with Crippen molar-refractivity contribution < 1.29 is 4.79 Å². The summed E-state index contributed by atoms with van der Waals surface area (Å²) in [6.45, 7) is 3.78. The van der Waals surface area contributed by atoms with E-state index in [4.69, 9.17) is 28.9 Å². The van der Waals surface area contributed by atoms with Gasteiger partial charge in [-0.3, -0.25) is 14.2 Å². The van der Waals surface area contributed by atoms with Crippen molar-refractivity contribution >= 4 is 46.3 Å². The van der Waals surface area contributed by atoms with Crippen LogP contribution in [0.2, 0.25) is 10.0 Å². The summed E-state index contributed by atoms with van der Waals surface area (Å²) in [7, 11) is 0. The number of nitrogens with zero attached hydrogens (tertiary/aromatic N) is 8. The second-order valence-electron chi connectivity index (χ2n) is 7.34. The number of aryl methyl sites for hydroxylation is 2. The fourth-order valence-electron chi connectivity index (χ4n) is 3.47. The normalized spacial score (nSPS) is 11.2. The van der Waals surface area contributed by atoms with E-state index in [2.05, 4.69) is 35.7 Å². The van der Waals surface area contributed by atoms with E-state index in [1.165, 1.54) is 0 Å². The van der Waals surface area contributed by atoms with Crippen LogP contribution in [0.1, 0.15) is 22.0 Å². The number of para-hydroxylation sites is 1. The standard InChI is InChI=1S/C21H16Cl2N10O/c1-10-8-16-28-29-21(32(16)11(2)26-10)15-7-6-12(9-25-15)27-20-17(19(24)34)30-33(31-20)18-13(22)4-3-5-14(18)23/h3-9H,1-2H3,(H2,24,34)(H,27,31). The van der Waals surface area contributed by atoms with Crippen molar-refractivity contribution in [2.24, 2.45) is 5.73 Å². The van der Waals surface area contributed by atoms with Gasteiger partial charge in [-0.15, -0.1) is 25.2 Å². The summed E-state index contributed by atoms with van der Waals surface area (Å²) < 4.78 is 1.83. The number of halogens is 2. The molecule has 0 aliphatic carbocycles. The molecule has 5 aromatic rings. The predicted octanol–water partition coefficient (Wildman–Crippen LogP) is 3.53. The Kier molecular flexibility index (Phi) is 5.34. The second-order valence-corrected chi connectivity index (χ2v) is 8.15. The summed E-state index contributed by atoms with van der Waals surface area (Å²) in [4.78, 5) is 22.1. The molecule has 4 heterocycles. The first-order valence-corrected chi connectivity index (χ1v) is 10.7. The molecule has 0 unspecified atom stereocenters. The molecule has 170 valence electrons. The summed E-state index contributed by atoms with van der Waals surface area (Å²) in [5, 5.41) is 20.6. The van der Waals surface area contributed by atoms with Crippen LogP contribution >= 0.6 is 23.2 Å². The quantitative estimate of drug-likeness (QED) is 0.377. The SMILES string of the molecule is Cc1cc2nnc(-c3ccc(Nc4nn(-c5c(Cl)cccc5Cl)nc4C(N)=O)cn3)n2c(C)n1. The number of nitrogens with one attached hydrogen (secondary N) is 1. The molecule has 1 amide bonds. The zero-order chi connectivity index (χ0) is 24.0. The Balaban J connectivity index is 1.48. The number of anilines is 2. The van der Waals surface area contributed by atoms with E-state index in [0.717, 1.165) is 16.3 Å². The first-order valence-electron chi connectivity index (χ1n) is 9.96. The second kappa shape index (κ2) is 8.36. The fraction of sp³-hybridized carbons (Fsp3) is 0.0952. The molecule has 11 nitrogen and oxygen atoms in total. The maximum absolute atomic E-state index is 12.0. The number of carbonyl (C=O) groups excluding carboxylic acids is 1. The van der Waals surface area contributed by atoms with Crippen molar-refractivity contribution in [3.8, 4) is 17.2 Å². The Morgan fingerprint density at radius 1 is 1.06 bits per heavy atom. The molecule has 0 spiro atoms. The van der Waals surface area contributed by atoms with Crippen LogP contribution in [0.15, 0.2) is 42.6 Å². The first kappa shape index (κ1) is 21.7. The Labute approximate surface area is 202 Å². The number of carbonyl (C=O) groups is 1. The largest absolute Gasteiger partial charge is 0.364 e. The van der Waals surface area contributed by atoms with Gasteiger partial charge >= 0.3 is 0 Å². The number of benzene rings is 1. The Morgan fingerprint density at radius 2 is 1.82 bits per heavy atom. The summed E-state index contributed by atoms with van der Waals surface area (Å²) in [6, 6.07) is 10.3. The number of primary amides is 1. The topological polar surface area (TPSA) is 142 Å². The molecule has 13 heteroatoms. The molecule has 0 radical (unpaired) electrons. The molecule has 0 bridgehead atoms. The zero-order valence-electron chi connectivity index (χ0n) is 17.9. The number of hydrogen-bond donors (Lipinski definition) is 2. The van der Waals surface area contributed by atoms with Crippen molar-refractivity contribution in [2.75, 3.05) is 5.32 Å². The Hall–Kier alpha value is -4.09. The van der Waals surface area contributed by atoms with Gasteiger partial charge in [0.05, 0.1) is 21.9 Å². The third-order valence-corrected chi connectivity index (χ3v) is 5.54. The van der Waals surface area contributed by atoms with E-state index in [1.807, 2.05) is 24.3 Å². The van der Waals surface area contributed by atoms with E-state index < -0.39 is 5.91 Å². The summed E-state index contributed by atoms with van der Waals surface area (Å²) >= 11 is 12.5. The van der Waals surface area contributed by atoms with Gasteiger partial charge in [-0.05, 0) is 38.1 Å². The van der Waals surface area contributed by atoms with Gasteiger partial charge in [0.25, 0.3) is 5.91 Å². The molecule has 0 atom stereocenters. The number of aromatic nitrogens is 8. The number of fused-ring (bicyclic) bond motifs is 1. The maximum atomic E-state index is 12.0. The van der Waals surface area contributed by atoms with E-state index in [0.29, 0.717) is 38.6 Å². The highest BCUT2D eigenvalue weighted by atomic mass is 35.5. The van der Waals surface area contributed by atoms with Crippen LogP contribution in [-0.4, -0.2) is 45.5 Å². The van der Waals surface area contributed by atoms with Crippen molar-refractivity contribution in [3.63, 3.8) is 0 Å². The van der Waals surface area contributed by atoms with Crippen LogP contribution in [0.25, 0.3) is 22.9 Å². The summed E-state index contributed by atoms with van der Waals surface area (Å²) in [5.41, 5.74) is 8.42. The number of hydrogen-bond acceptors (Lipinski definition) is 8. The highest BCUT2D eigenvalue weighted by molar-refractivity contribution is 6.37. The summed E-state index contributed by atoms with van der Waals surface area (Å²) in [6.07, 6.45) is 1.57. The molecule has 0 fully saturated rings. The van der Waals surface area contributed by atoms with E-state index in [9.17, 15) is 4.79 Å². The minimum absolute atomic E-state index is 0.0828. The first-order chi connectivity index (χ1) is 16.3. The lowest BCUT2D eigenvalue weighted by Gasteiger charge is -2.06. The lowest BCUT2D eigenvalue weighted by Crippen LogP contribution is -2.14. The van der Waals surface area contributed by atoms with E-state index in [-0.39, 0.29) is 11.5 Å². The maximum Gasteiger partial charge on any atom is 0.273 e. The van der Waals surface area contributed by atoms with Crippen LogP contribution in [0.4, 0.5) is 11.5 Å². The smallest absolute Gasteiger partial charge is 0.273 e. The number of rotatable bonds is 5. The molecular weight excluding hydrogens is 479 g/mol. The zero-order valence-corrected chi connectivity index (χ0v) is 19.4. The predicted molar refractivity (Wildman–Crippen MR) is 127 cm³/mol. The van der Waals surface area contributed by atoms with Crippen molar-refractivity contribution in [1.82, 2.24) is 39.6 Å². The molecule has 3 N–H and O–H groups in total. The van der Waals surface area contributed by atoms with E-state index in [1.54, 1.807) is 36.5 Å². The van der Waals surface area contributed by atoms with Gasteiger partial charge in [-0.1, -0.05) is 29.3 Å². The third-order valence-electron chi connectivity index (χ3n) is 4.93. The minimum Gasteiger partial charge on any atom is -0.364 e. The average molecular weight is 495 g/mol. The van der Waals surface area contributed by atoms with Gasteiger partial charge < -0.3 is 11.1 Å². The molecule has 0 saturated carbocycles. The average Bonchev–Trinajstić information content (AvgIpc) is 3.39. The van der Waals surface area contributed by atoms with Crippen LogP contribution < -0.4 is 11.1 Å². The van der Waals surface area contributed by atoms with Gasteiger partial charge in [0.1, 0.15) is 17.2 Å². The highest BCUT2D eigenvalue weighted by Gasteiger charge is 2.20. The van der Waals surface area contributed by atoms with Gasteiger partial charge in [-0.25, -0.2) is 4.98 Å². The summed E-state index contributed by atoms with van der Waals surface area (Å²) in [5.74, 6) is 0.666. The molecule has 0 saturated heterocycles. The third kappa shape index (κ3) is 3.80. The van der Waals surface area contributed by atoms with Crippen LogP contribution in [0.5, 0.6) is 0 Å². The van der Waals surface area contributed by atoms with Gasteiger partial charge in [-0.2, -0.15) is 0 Å². The lowest BCUT2D eigenvalue weighted by atomic mass is 10.3. The number of amides is 1. The molecule has 0 aliphatic heterocycles. The monoisotopic (exact) mass is 494 g/mol. The van der Waals surface area contributed by atoms with Gasteiger partial charge in [0.15, 0.2) is 23.0 Å². The fourth-order valence-corrected chi connectivity index (χ4v) is 4.02. The van der Waals surface area contributed by atoms with Gasteiger partial charge in [0.2, 0.25) is 0 Å². The molecule has 4 aromatic heterocycles. The number of nitrogens with two attached hydrogens (primary N) is 1. The van der Waals surface area contributed by atoms with Crippen molar-refractivity contribution in [1.29, 1.82) is 0 Å². The van der Waals surface area contributed by atoms with Crippen LogP contribution in [0, 0.1) is 13.8 Å². The molecule has 1 aromatic carbocycles. The Morgan fingerprint density at radius 3 is 2.50 bits per heavy atom. The number of pyridine rings is 1. The molecule has 34 heavy (non-hydrogen) atoms.